The van der Waals surface area contributed by atoms with Gasteiger partial charge < -0.3 is 20.4 Å². The number of nitrogens with zero attached hydrogens (tertiary/aromatic N) is 1. The minimum Gasteiger partial charge on any atom is -0.394 e. The molecule has 0 bridgehead atoms. The van der Waals surface area contributed by atoms with Gasteiger partial charge in [-0.25, -0.2) is 4.79 Å². The molecule has 24 heavy (non-hydrogen) atoms. The lowest BCUT2D eigenvalue weighted by atomic mass is 9.92. The number of amides is 2. The summed E-state index contributed by atoms with van der Waals surface area (Å²) in [5.74, 6) is 0.343. The number of fused-ring (bicyclic) bond motifs is 1. The molecule has 5 nitrogen and oxygen atoms in total. The summed E-state index contributed by atoms with van der Waals surface area (Å²) in [6, 6.07) is 7.68. The number of benzene rings is 1. The van der Waals surface area contributed by atoms with E-state index in [2.05, 4.69) is 24.4 Å². The minimum absolute atomic E-state index is 0.0430. The third kappa shape index (κ3) is 4.48. The monoisotopic (exact) mass is 334 g/mol. The van der Waals surface area contributed by atoms with Gasteiger partial charge in [0.1, 0.15) is 0 Å². The normalized spacial score (nSPS) is 22.9. The molecular formula is C19H30N2O3. The smallest absolute Gasteiger partial charge is 0.318 e. The number of aliphatic hydroxyl groups excluding tert-OH is 2. The standard InChI is InChI=1S/C19H30N2O3/c1-13-7-6-9-16-8-4-5-10-17(16)18(13)20-19(24)21(11-15(3)23)14(2)12-22/h4-5,8,10,13-15,18,22-23H,6-7,9,11-12H2,1-3H3,(H,20,24). The second kappa shape index (κ2) is 8.49. The zero-order valence-corrected chi connectivity index (χ0v) is 14.9. The molecule has 2 rings (SSSR count). The Bertz CT molecular complexity index is 547. The fourth-order valence-corrected chi connectivity index (χ4v) is 3.44. The lowest BCUT2D eigenvalue weighted by Crippen LogP contribution is -2.50. The van der Waals surface area contributed by atoms with E-state index in [0.717, 1.165) is 19.3 Å². The molecule has 0 saturated carbocycles. The van der Waals surface area contributed by atoms with E-state index >= 15 is 0 Å². The van der Waals surface area contributed by atoms with Crippen LogP contribution in [-0.4, -0.2) is 46.4 Å². The number of nitrogens with one attached hydrogen (secondary N) is 1. The van der Waals surface area contributed by atoms with Crippen molar-refractivity contribution in [2.24, 2.45) is 5.92 Å². The van der Waals surface area contributed by atoms with E-state index in [1.165, 1.54) is 16.0 Å². The highest BCUT2D eigenvalue weighted by molar-refractivity contribution is 5.75. The van der Waals surface area contributed by atoms with E-state index in [1.54, 1.807) is 13.8 Å². The summed E-state index contributed by atoms with van der Waals surface area (Å²) < 4.78 is 0. The molecular weight excluding hydrogens is 304 g/mol. The van der Waals surface area contributed by atoms with Crippen molar-refractivity contribution >= 4 is 6.03 Å². The summed E-state index contributed by atoms with van der Waals surface area (Å²) in [6.07, 6.45) is 2.58. The van der Waals surface area contributed by atoms with E-state index in [-0.39, 0.29) is 31.3 Å². The van der Waals surface area contributed by atoms with Crippen LogP contribution in [0.3, 0.4) is 0 Å². The van der Waals surface area contributed by atoms with Gasteiger partial charge in [-0.3, -0.25) is 0 Å². The highest BCUT2D eigenvalue weighted by atomic mass is 16.3. The van der Waals surface area contributed by atoms with Crippen LogP contribution in [0.1, 0.15) is 50.8 Å². The van der Waals surface area contributed by atoms with Crippen LogP contribution in [0.4, 0.5) is 4.79 Å². The van der Waals surface area contributed by atoms with Gasteiger partial charge in [-0.15, -0.1) is 0 Å². The maximum atomic E-state index is 12.8. The minimum atomic E-state index is -0.636. The van der Waals surface area contributed by atoms with Crippen molar-refractivity contribution in [1.82, 2.24) is 10.2 Å². The van der Waals surface area contributed by atoms with Crippen LogP contribution in [0.15, 0.2) is 24.3 Å². The Morgan fingerprint density at radius 3 is 2.75 bits per heavy atom. The van der Waals surface area contributed by atoms with Crippen LogP contribution >= 0.6 is 0 Å². The largest absolute Gasteiger partial charge is 0.394 e. The molecule has 134 valence electrons. The second-order valence-corrected chi connectivity index (χ2v) is 7.03. The number of carbonyl (C=O) groups excluding carboxylic acids is 1. The number of rotatable bonds is 5. The molecule has 2 amide bonds. The number of aryl methyl sites for hydroxylation is 1. The second-order valence-electron chi connectivity index (χ2n) is 7.03. The van der Waals surface area contributed by atoms with Crippen LogP contribution in [0.5, 0.6) is 0 Å². The van der Waals surface area contributed by atoms with Crippen molar-refractivity contribution in [3.8, 4) is 0 Å². The van der Waals surface area contributed by atoms with Gasteiger partial charge in [0.25, 0.3) is 0 Å². The van der Waals surface area contributed by atoms with E-state index in [9.17, 15) is 15.0 Å². The first-order chi connectivity index (χ1) is 11.4. The Balaban J connectivity index is 2.21. The average molecular weight is 334 g/mol. The van der Waals surface area contributed by atoms with E-state index in [0.29, 0.717) is 5.92 Å². The van der Waals surface area contributed by atoms with E-state index < -0.39 is 6.10 Å². The third-order valence-electron chi connectivity index (χ3n) is 4.86. The van der Waals surface area contributed by atoms with Gasteiger partial charge in [0.15, 0.2) is 0 Å². The van der Waals surface area contributed by atoms with Crippen LogP contribution in [0.2, 0.25) is 0 Å². The molecule has 4 unspecified atom stereocenters. The molecule has 1 aromatic rings. The summed E-state index contributed by atoms with van der Waals surface area (Å²) in [7, 11) is 0. The van der Waals surface area contributed by atoms with Crippen molar-refractivity contribution in [1.29, 1.82) is 0 Å². The molecule has 1 aromatic carbocycles. The van der Waals surface area contributed by atoms with Gasteiger partial charge in [0.05, 0.1) is 24.8 Å². The van der Waals surface area contributed by atoms with Crippen molar-refractivity contribution in [3.63, 3.8) is 0 Å². The summed E-state index contributed by atoms with van der Waals surface area (Å²) in [6.45, 7) is 5.68. The Hall–Kier alpha value is -1.59. The average Bonchev–Trinajstić information content (AvgIpc) is 2.71. The Kier molecular flexibility index (Phi) is 6.63. The molecule has 1 aliphatic rings. The number of hydrogen-bond donors (Lipinski definition) is 3. The third-order valence-corrected chi connectivity index (χ3v) is 4.86. The molecule has 0 saturated heterocycles. The van der Waals surface area contributed by atoms with Crippen molar-refractivity contribution in [3.05, 3.63) is 35.4 Å². The number of aliphatic hydroxyl groups is 2. The van der Waals surface area contributed by atoms with Gasteiger partial charge in [0.2, 0.25) is 0 Å². The maximum Gasteiger partial charge on any atom is 0.318 e. The van der Waals surface area contributed by atoms with Gasteiger partial charge in [-0.05, 0) is 50.2 Å². The SMILES string of the molecule is CC(O)CN(C(=O)NC1c2ccccc2CCCC1C)C(C)CO. The predicted octanol–water partition coefficient (Wildman–Crippen LogP) is 2.47. The Morgan fingerprint density at radius 1 is 1.38 bits per heavy atom. The van der Waals surface area contributed by atoms with Crippen molar-refractivity contribution < 1.29 is 15.0 Å². The highest BCUT2D eigenvalue weighted by Crippen LogP contribution is 2.33. The molecule has 0 aromatic heterocycles. The van der Waals surface area contributed by atoms with Crippen LogP contribution < -0.4 is 5.32 Å². The first kappa shape index (κ1) is 18.7. The Labute approximate surface area is 144 Å². The molecule has 0 fully saturated rings. The van der Waals surface area contributed by atoms with Gasteiger partial charge in [-0.2, -0.15) is 0 Å². The predicted molar refractivity (Wildman–Crippen MR) is 94.8 cm³/mol. The summed E-state index contributed by atoms with van der Waals surface area (Å²) in [5, 5.41) is 22.2. The van der Waals surface area contributed by atoms with Crippen molar-refractivity contribution in [2.45, 2.75) is 58.2 Å². The molecule has 0 radical (unpaired) electrons. The lowest BCUT2D eigenvalue weighted by Gasteiger charge is -2.33. The topological polar surface area (TPSA) is 72.8 Å². The maximum absolute atomic E-state index is 12.8. The molecule has 0 spiro atoms. The van der Waals surface area contributed by atoms with Crippen LogP contribution in [0.25, 0.3) is 0 Å². The van der Waals surface area contributed by atoms with E-state index in [4.69, 9.17) is 0 Å². The zero-order chi connectivity index (χ0) is 17.7. The zero-order valence-electron chi connectivity index (χ0n) is 14.9. The molecule has 0 heterocycles. The van der Waals surface area contributed by atoms with Crippen LogP contribution in [0, 0.1) is 5.92 Å². The first-order valence-electron chi connectivity index (χ1n) is 8.87. The summed E-state index contributed by atoms with van der Waals surface area (Å²) in [5.41, 5.74) is 2.48. The molecule has 0 aliphatic heterocycles. The van der Waals surface area contributed by atoms with Crippen molar-refractivity contribution in [2.75, 3.05) is 13.2 Å². The van der Waals surface area contributed by atoms with Gasteiger partial charge >= 0.3 is 6.03 Å². The molecule has 1 aliphatic carbocycles. The summed E-state index contributed by atoms with van der Waals surface area (Å²) in [4.78, 5) is 14.3. The fraction of sp³-hybridized carbons (Fsp3) is 0.632. The van der Waals surface area contributed by atoms with Gasteiger partial charge in [0, 0.05) is 6.54 Å². The fourth-order valence-electron chi connectivity index (χ4n) is 3.44. The van der Waals surface area contributed by atoms with Crippen LogP contribution in [-0.2, 0) is 6.42 Å². The molecule has 3 N–H and O–H groups in total. The highest BCUT2D eigenvalue weighted by Gasteiger charge is 2.29. The first-order valence-corrected chi connectivity index (χ1v) is 8.87. The lowest BCUT2D eigenvalue weighted by molar-refractivity contribution is 0.0912. The Morgan fingerprint density at radius 2 is 2.08 bits per heavy atom. The van der Waals surface area contributed by atoms with Gasteiger partial charge in [-0.1, -0.05) is 31.2 Å². The number of urea groups is 1. The number of hydrogen-bond acceptors (Lipinski definition) is 3. The molecule has 5 heteroatoms. The number of carbonyl (C=O) groups is 1. The van der Waals surface area contributed by atoms with E-state index in [1.807, 2.05) is 12.1 Å². The summed E-state index contributed by atoms with van der Waals surface area (Å²) >= 11 is 0. The molecule has 4 atom stereocenters. The quantitative estimate of drug-likeness (QED) is 0.724.